The third-order valence-electron chi connectivity index (χ3n) is 2.75. The lowest BCUT2D eigenvalue weighted by atomic mass is 10.2. The highest BCUT2D eigenvalue weighted by molar-refractivity contribution is 6.42. The smallest absolute Gasteiger partial charge is 0.244 e. The molecule has 2 nitrogen and oxygen atoms in total. The first-order valence-corrected chi connectivity index (χ1v) is 7.33. The third kappa shape index (κ3) is 5.09. The molecule has 5 heteroatoms. The Bertz CT molecular complexity index is 666. The van der Waals surface area contributed by atoms with Crippen molar-refractivity contribution in [2.24, 2.45) is 0 Å². The molecule has 0 bridgehead atoms. The molecule has 0 fully saturated rings. The van der Waals surface area contributed by atoms with E-state index in [0.717, 1.165) is 11.1 Å². The predicted octanol–water partition coefficient (Wildman–Crippen LogP) is 4.98. The fraction of sp³-hybridized carbons (Fsp3) is 0.0625. The predicted molar refractivity (Wildman–Crippen MR) is 88.8 cm³/mol. The van der Waals surface area contributed by atoms with Gasteiger partial charge in [-0.05, 0) is 41.5 Å². The van der Waals surface area contributed by atoms with E-state index in [2.05, 4.69) is 5.32 Å². The van der Waals surface area contributed by atoms with Gasteiger partial charge in [-0.25, -0.2) is 0 Å². The lowest BCUT2D eigenvalue weighted by Gasteiger charge is -2.04. The van der Waals surface area contributed by atoms with Gasteiger partial charge in [-0.15, -0.1) is 0 Å². The highest BCUT2D eigenvalue weighted by Gasteiger charge is 2.01. The number of hydrogen-bond acceptors (Lipinski definition) is 1. The first-order chi connectivity index (χ1) is 10.0. The van der Waals surface area contributed by atoms with Gasteiger partial charge in [0.05, 0.1) is 10.0 Å². The van der Waals surface area contributed by atoms with Crippen molar-refractivity contribution in [1.82, 2.24) is 5.32 Å². The highest BCUT2D eigenvalue weighted by atomic mass is 35.5. The van der Waals surface area contributed by atoms with Crippen LogP contribution in [0.25, 0.3) is 6.08 Å². The van der Waals surface area contributed by atoms with Gasteiger partial charge in [0.15, 0.2) is 0 Å². The van der Waals surface area contributed by atoms with Gasteiger partial charge in [-0.2, -0.15) is 0 Å². The van der Waals surface area contributed by atoms with Crippen LogP contribution in [0.3, 0.4) is 0 Å². The summed E-state index contributed by atoms with van der Waals surface area (Å²) in [4.78, 5) is 11.7. The van der Waals surface area contributed by atoms with Crippen LogP contribution >= 0.6 is 34.8 Å². The Kier molecular flexibility index (Phi) is 5.68. The largest absolute Gasteiger partial charge is 0.348 e. The van der Waals surface area contributed by atoms with E-state index in [1.165, 1.54) is 6.08 Å². The Morgan fingerprint density at radius 3 is 2.38 bits per heavy atom. The topological polar surface area (TPSA) is 29.1 Å². The molecule has 0 unspecified atom stereocenters. The van der Waals surface area contributed by atoms with Crippen molar-refractivity contribution in [3.8, 4) is 0 Å². The fourth-order valence-electron chi connectivity index (χ4n) is 1.64. The minimum atomic E-state index is -0.184. The van der Waals surface area contributed by atoms with Gasteiger partial charge >= 0.3 is 0 Å². The molecule has 2 aromatic carbocycles. The Morgan fingerprint density at radius 2 is 1.71 bits per heavy atom. The van der Waals surface area contributed by atoms with Crippen LogP contribution in [0.2, 0.25) is 15.1 Å². The Morgan fingerprint density at radius 1 is 1.00 bits per heavy atom. The van der Waals surface area contributed by atoms with Gasteiger partial charge < -0.3 is 5.32 Å². The second-order valence-corrected chi connectivity index (χ2v) is 5.60. The number of benzene rings is 2. The van der Waals surface area contributed by atoms with Crippen molar-refractivity contribution in [2.45, 2.75) is 6.54 Å². The number of carbonyl (C=O) groups excluding carboxylic acids is 1. The van der Waals surface area contributed by atoms with Crippen molar-refractivity contribution in [1.29, 1.82) is 0 Å². The third-order valence-corrected chi connectivity index (χ3v) is 3.74. The monoisotopic (exact) mass is 339 g/mol. The number of halogens is 3. The summed E-state index contributed by atoms with van der Waals surface area (Å²) in [6.45, 7) is 0.390. The van der Waals surface area contributed by atoms with E-state index < -0.39 is 0 Å². The van der Waals surface area contributed by atoms with Crippen LogP contribution in [0.1, 0.15) is 11.1 Å². The zero-order valence-corrected chi connectivity index (χ0v) is 13.2. The highest BCUT2D eigenvalue weighted by Crippen LogP contribution is 2.22. The molecule has 0 heterocycles. The molecule has 0 saturated carbocycles. The molecule has 0 aliphatic heterocycles. The summed E-state index contributed by atoms with van der Waals surface area (Å²) in [5.41, 5.74) is 1.79. The van der Waals surface area contributed by atoms with Crippen LogP contribution in [0, 0.1) is 0 Å². The molecular weight excluding hydrogens is 329 g/mol. The number of rotatable bonds is 4. The van der Waals surface area contributed by atoms with Crippen LogP contribution in [-0.4, -0.2) is 5.91 Å². The first-order valence-electron chi connectivity index (χ1n) is 6.20. The lowest BCUT2D eigenvalue weighted by molar-refractivity contribution is -0.116. The molecule has 0 radical (unpaired) electrons. The molecule has 1 amide bonds. The van der Waals surface area contributed by atoms with Crippen molar-refractivity contribution in [3.63, 3.8) is 0 Å². The summed E-state index contributed by atoms with van der Waals surface area (Å²) in [5.74, 6) is -0.184. The maximum absolute atomic E-state index is 11.7. The summed E-state index contributed by atoms with van der Waals surface area (Å²) in [5, 5.41) is 4.40. The second-order valence-electron chi connectivity index (χ2n) is 4.35. The van der Waals surface area contributed by atoms with Crippen LogP contribution in [0.15, 0.2) is 48.5 Å². The number of nitrogens with one attached hydrogen (secondary N) is 1. The molecule has 0 aliphatic carbocycles. The normalized spacial score (nSPS) is 10.8. The molecule has 0 saturated heterocycles. The molecule has 21 heavy (non-hydrogen) atoms. The van der Waals surface area contributed by atoms with Crippen molar-refractivity contribution < 1.29 is 4.79 Å². The summed E-state index contributed by atoms with van der Waals surface area (Å²) in [6, 6.07) is 12.5. The zero-order chi connectivity index (χ0) is 15.2. The minimum absolute atomic E-state index is 0.184. The molecule has 0 aromatic heterocycles. The van der Waals surface area contributed by atoms with E-state index >= 15 is 0 Å². The number of hydrogen-bond donors (Lipinski definition) is 1. The summed E-state index contributed by atoms with van der Waals surface area (Å²) in [7, 11) is 0. The van der Waals surface area contributed by atoms with Crippen LogP contribution in [0.5, 0.6) is 0 Å². The minimum Gasteiger partial charge on any atom is -0.348 e. The van der Waals surface area contributed by atoms with Gasteiger partial charge in [0.25, 0.3) is 0 Å². The second kappa shape index (κ2) is 7.51. The van der Waals surface area contributed by atoms with Gasteiger partial charge in [0.1, 0.15) is 0 Å². The summed E-state index contributed by atoms with van der Waals surface area (Å²) >= 11 is 17.5. The van der Waals surface area contributed by atoms with Crippen molar-refractivity contribution >= 4 is 46.8 Å². The molecule has 1 N–H and O–H groups in total. The molecule has 0 aliphatic rings. The van der Waals surface area contributed by atoms with Crippen LogP contribution in [-0.2, 0) is 11.3 Å². The maximum atomic E-state index is 11.7. The van der Waals surface area contributed by atoms with E-state index in [1.54, 1.807) is 30.3 Å². The fourth-order valence-corrected chi connectivity index (χ4v) is 2.09. The Labute approximate surface area is 138 Å². The zero-order valence-electron chi connectivity index (χ0n) is 10.9. The molecule has 108 valence electrons. The van der Waals surface area contributed by atoms with Gasteiger partial charge in [-0.3, -0.25) is 4.79 Å². The molecule has 0 atom stereocenters. The van der Waals surface area contributed by atoms with Gasteiger partial charge in [0, 0.05) is 17.6 Å². The maximum Gasteiger partial charge on any atom is 0.244 e. The molecule has 2 aromatic rings. The summed E-state index contributed by atoms with van der Waals surface area (Å²) in [6.07, 6.45) is 3.20. The standard InChI is InChI=1S/C16H12Cl3NO/c17-13-5-1-11(2-6-13)4-8-16(21)20-10-12-3-7-14(18)15(19)9-12/h1-9H,10H2,(H,20,21)/b8-4+. The molecule has 0 spiro atoms. The summed E-state index contributed by atoms with van der Waals surface area (Å²) < 4.78 is 0. The average Bonchev–Trinajstić information content (AvgIpc) is 2.48. The van der Waals surface area contributed by atoms with Gasteiger partial charge in [-0.1, -0.05) is 53.0 Å². The SMILES string of the molecule is O=C(/C=C/c1ccc(Cl)cc1)NCc1ccc(Cl)c(Cl)c1. The molecular formula is C16H12Cl3NO. The van der Waals surface area contributed by atoms with E-state index in [0.29, 0.717) is 21.6 Å². The Balaban J connectivity index is 1.89. The van der Waals surface area contributed by atoms with Gasteiger partial charge in [0.2, 0.25) is 5.91 Å². The van der Waals surface area contributed by atoms with E-state index in [9.17, 15) is 4.79 Å². The Hall–Kier alpha value is -1.48. The number of amides is 1. The van der Waals surface area contributed by atoms with E-state index in [1.807, 2.05) is 18.2 Å². The van der Waals surface area contributed by atoms with Crippen LogP contribution < -0.4 is 5.32 Å². The van der Waals surface area contributed by atoms with E-state index in [4.69, 9.17) is 34.8 Å². The van der Waals surface area contributed by atoms with Crippen molar-refractivity contribution in [2.75, 3.05) is 0 Å². The lowest BCUT2D eigenvalue weighted by Crippen LogP contribution is -2.20. The van der Waals surface area contributed by atoms with Crippen molar-refractivity contribution in [3.05, 3.63) is 74.7 Å². The molecule has 2 rings (SSSR count). The van der Waals surface area contributed by atoms with E-state index in [-0.39, 0.29) is 5.91 Å². The number of carbonyl (C=O) groups is 1. The van der Waals surface area contributed by atoms with Crippen LogP contribution in [0.4, 0.5) is 0 Å². The average molecular weight is 341 g/mol. The quantitative estimate of drug-likeness (QED) is 0.782. The first kappa shape index (κ1) is 15.9.